The molecule has 144 valence electrons. The zero-order valence-corrected chi connectivity index (χ0v) is 16.1. The van der Waals surface area contributed by atoms with Gasteiger partial charge in [0.25, 0.3) is 0 Å². The third kappa shape index (κ3) is 5.29. The van der Waals surface area contributed by atoms with Crippen LogP contribution in [0.5, 0.6) is 0 Å². The van der Waals surface area contributed by atoms with Crippen LogP contribution in [-0.2, 0) is 4.74 Å². The first-order valence-electron chi connectivity index (χ1n) is 9.79. The zero-order valence-electron chi connectivity index (χ0n) is 16.1. The molecule has 1 N–H and O–H groups in total. The number of ether oxygens (including phenoxy) is 1. The van der Waals surface area contributed by atoms with Crippen molar-refractivity contribution in [1.82, 2.24) is 9.80 Å². The summed E-state index contributed by atoms with van der Waals surface area (Å²) in [6, 6.07) is 7.46. The highest BCUT2D eigenvalue weighted by molar-refractivity contribution is 5.87. The van der Waals surface area contributed by atoms with E-state index in [2.05, 4.69) is 23.6 Å². The maximum absolute atomic E-state index is 11.0. The van der Waals surface area contributed by atoms with Gasteiger partial charge in [0.05, 0.1) is 18.8 Å². The van der Waals surface area contributed by atoms with Gasteiger partial charge in [0.1, 0.15) is 0 Å². The van der Waals surface area contributed by atoms with Gasteiger partial charge >= 0.3 is 5.97 Å². The van der Waals surface area contributed by atoms with Crippen LogP contribution in [0, 0.1) is 5.41 Å². The normalized spacial score (nSPS) is 23.1. The van der Waals surface area contributed by atoms with Crippen molar-refractivity contribution >= 4 is 5.97 Å². The highest BCUT2D eigenvalue weighted by atomic mass is 16.5. The lowest BCUT2D eigenvalue weighted by atomic mass is 9.87. The van der Waals surface area contributed by atoms with E-state index in [0.29, 0.717) is 11.5 Å². The van der Waals surface area contributed by atoms with Crippen LogP contribution in [0.1, 0.15) is 48.5 Å². The SMILES string of the molecule is CC(C)(CN1CCOCC1)CN1CCC[C@H](c2ccc(C(=O)O)cc2)C1. The fourth-order valence-electron chi connectivity index (χ4n) is 4.39. The molecule has 3 rings (SSSR count). The van der Waals surface area contributed by atoms with E-state index < -0.39 is 5.97 Å². The van der Waals surface area contributed by atoms with E-state index in [1.807, 2.05) is 12.1 Å². The smallest absolute Gasteiger partial charge is 0.335 e. The maximum atomic E-state index is 11.0. The molecule has 2 aliphatic heterocycles. The minimum Gasteiger partial charge on any atom is -0.478 e. The summed E-state index contributed by atoms with van der Waals surface area (Å²) in [4.78, 5) is 16.2. The molecule has 2 aliphatic rings. The number of morpholine rings is 1. The Labute approximate surface area is 156 Å². The lowest BCUT2D eigenvalue weighted by molar-refractivity contribution is 0.0132. The van der Waals surface area contributed by atoms with E-state index in [-0.39, 0.29) is 5.41 Å². The van der Waals surface area contributed by atoms with Crippen molar-refractivity contribution in [2.45, 2.75) is 32.6 Å². The van der Waals surface area contributed by atoms with Gasteiger partial charge in [-0.1, -0.05) is 26.0 Å². The lowest BCUT2D eigenvalue weighted by Gasteiger charge is -2.41. The Morgan fingerprint density at radius 1 is 1.12 bits per heavy atom. The van der Waals surface area contributed by atoms with Gasteiger partial charge in [0, 0.05) is 32.7 Å². The molecule has 0 amide bonds. The number of nitrogens with zero attached hydrogens (tertiary/aromatic N) is 2. The number of benzene rings is 1. The number of carbonyl (C=O) groups is 1. The first-order valence-corrected chi connectivity index (χ1v) is 9.79. The van der Waals surface area contributed by atoms with Gasteiger partial charge in [-0.25, -0.2) is 4.79 Å². The van der Waals surface area contributed by atoms with E-state index in [4.69, 9.17) is 9.84 Å². The van der Waals surface area contributed by atoms with E-state index in [0.717, 1.165) is 52.5 Å². The molecule has 5 heteroatoms. The number of hydrogen-bond donors (Lipinski definition) is 1. The minimum atomic E-state index is -0.855. The molecule has 0 radical (unpaired) electrons. The van der Waals surface area contributed by atoms with Gasteiger partial charge in [-0.05, 0) is 48.4 Å². The summed E-state index contributed by atoms with van der Waals surface area (Å²) in [6.45, 7) is 13.0. The monoisotopic (exact) mass is 360 g/mol. The van der Waals surface area contributed by atoms with Crippen molar-refractivity contribution < 1.29 is 14.6 Å². The number of carboxylic acid groups (broad SMARTS) is 1. The molecule has 2 fully saturated rings. The molecule has 2 saturated heterocycles. The minimum absolute atomic E-state index is 0.256. The summed E-state index contributed by atoms with van der Waals surface area (Å²) in [5.74, 6) is -0.350. The van der Waals surface area contributed by atoms with Crippen LogP contribution in [0.3, 0.4) is 0 Å². The van der Waals surface area contributed by atoms with Crippen LogP contribution >= 0.6 is 0 Å². The van der Waals surface area contributed by atoms with Crippen LogP contribution in [0.15, 0.2) is 24.3 Å². The van der Waals surface area contributed by atoms with Crippen LogP contribution in [0.25, 0.3) is 0 Å². The first-order chi connectivity index (χ1) is 12.4. The Bertz CT molecular complexity index is 594. The topological polar surface area (TPSA) is 53.0 Å². The molecule has 26 heavy (non-hydrogen) atoms. The van der Waals surface area contributed by atoms with Crippen LogP contribution < -0.4 is 0 Å². The molecule has 5 nitrogen and oxygen atoms in total. The largest absolute Gasteiger partial charge is 0.478 e. The average Bonchev–Trinajstić information content (AvgIpc) is 2.62. The number of aromatic carboxylic acids is 1. The molecular weight excluding hydrogens is 328 g/mol. The highest BCUT2D eigenvalue weighted by Crippen LogP contribution is 2.29. The van der Waals surface area contributed by atoms with E-state index in [9.17, 15) is 4.79 Å². The van der Waals surface area contributed by atoms with Gasteiger partial charge < -0.3 is 14.7 Å². The summed E-state index contributed by atoms with van der Waals surface area (Å²) >= 11 is 0. The maximum Gasteiger partial charge on any atom is 0.335 e. The van der Waals surface area contributed by atoms with Crippen LogP contribution in [0.2, 0.25) is 0 Å². The lowest BCUT2D eigenvalue weighted by Crippen LogP contribution is -2.47. The average molecular weight is 360 g/mol. The van der Waals surface area contributed by atoms with Gasteiger partial charge in [0.2, 0.25) is 0 Å². The molecule has 0 bridgehead atoms. The van der Waals surface area contributed by atoms with E-state index in [1.54, 1.807) is 12.1 Å². The standard InChI is InChI=1S/C21H32N2O3/c1-21(2,15-22-10-12-26-13-11-22)16-23-9-3-4-19(14-23)17-5-7-18(8-6-17)20(24)25/h5-8,19H,3-4,9-16H2,1-2H3,(H,24,25)/t19-/m0/s1. The molecule has 0 aromatic heterocycles. The molecule has 2 heterocycles. The molecule has 1 aromatic carbocycles. The highest BCUT2D eigenvalue weighted by Gasteiger charge is 2.29. The summed E-state index contributed by atoms with van der Waals surface area (Å²) in [5, 5.41) is 9.07. The third-order valence-corrected chi connectivity index (χ3v) is 5.54. The van der Waals surface area contributed by atoms with Crippen LogP contribution in [0.4, 0.5) is 0 Å². The van der Waals surface area contributed by atoms with Gasteiger partial charge in [-0.2, -0.15) is 0 Å². The Morgan fingerprint density at radius 2 is 1.77 bits per heavy atom. The Morgan fingerprint density at radius 3 is 2.42 bits per heavy atom. The summed E-state index contributed by atoms with van der Waals surface area (Å²) in [6.07, 6.45) is 2.39. The third-order valence-electron chi connectivity index (χ3n) is 5.54. The molecule has 1 aromatic rings. The second-order valence-corrected chi connectivity index (χ2v) is 8.55. The molecule has 0 unspecified atom stereocenters. The predicted molar refractivity (Wildman–Crippen MR) is 103 cm³/mol. The number of likely N-dealkylation sites (tertiary alicyclic amines) is 1. The number of piperidine rings is 1. The zero-order chi connectivity index (χ0) is 18.6. The van der Waals surface area contributed by atoms with Crippen molar-refractivity contribution in [3.8, 4) is 0 Å². The van der Waals surface area contributed by atoms with Crippen molar-refractivity contribution in [3.05, 3.63) is 35.4 Å². The molecular formula is C21H32N2O3. The van der Waals surface area contributed by atoms with Gasteiger partial charge in [-0.3, -0.25) is 4.90 Å². The Kier molecular flexibility index (Phi) is 6.33. The number of carboxylic acids is 1. The second kappa shape index (κ2) is 8.51. The Balaban J connectivity index is 1.56. The molecule has 1 atom stereocenters. The Hall–Kier alpha value is -1.43. The molecule has 0 saturated carbocycles. The van der Waals surface area contributed by atoms with Crippen LogP contribution in [-0.4, -0.2) is 73.4 Å². The summed E-state index contributed by atoms with van der Waals surface area (Å²) < 4.78 is 5.46. The fourth-order valence-corrected chi connectivity index (χ4v) is 4.39. The van der Waals surface area contributed by atoms with E-state index >= 15 is 0 Å². The number of hydrogen-bond acceptors (Lipinski definition) is 4. The second-order valence-electron chi connectivity index (χ2n) is 8.55. The summed E-state index contributed by atoms with van der Waals surface area (Å²) in [7, 11) is 0. The predicted octanol–water partition coefficient (Wildman–Crippen LogP) is 2.92. The van der Waals surface area contributed by atoms with Crippen molar-refractivity contribution in [3.63, 3.8) is 0 Å². The van der Waals surface area contributed by atoms with Crippen molar-refractivity contribution in [1.29, 1.82) is 0 Å². The quantitative estimate of drug-likeness (QED) is 0.845. The van der Waals surface area contributed by atoms with Gasteiger partial charge in [0.15, 0.2) is 0 Å². The van der Waals surface area contributed by atoms with E-state index in [1.165, 1.54) is 18.4 Å². The number of rotatable bonds is 6. The van der Waals surface area contributed by atoms with Gasteiger partial charge in [-0.15, -0.1) is 0 Å². The first kappa shape index (κ1) is 19.3. The molecule has 0 spiro atoms. The summed E-state index contributed by atoms with van der Waals surface area (Å²) in [5.41, 5.74) is 1.89. The fraction of sp³-hybridized carbons (Fsp3) is 0.667. The molecule has 0 aliphatic carbocycles. The van der Waals surface area contributed by atoms with Crippen molar-refractivity contribution in [2.75, 3.05) is 52.5 Å². The van der Waals surface area contributed by atoms with Crippen molar-refractivity contribution in [2.24, 2.45) is 5.41 Å².